The van der Waals surface area contributed by atoms with Gasteiger partial charge in [0.25, 0.3) is 0 Å². The van der Waals surface area contributed by atoms with Crippen LogP contribution in [0.3, 0.4) is 0 Å². The number of hydrogen-bond acceptors (Lipinski definition) is 3. The van der Waals surface area contributed by atoms with Gasteiger partial charge in [-0.3, -0.25) is 9.89 Å². The summed E-state index contributed by atoms with van der Waals surface area (Å²) in [6.07, 6.45) is 2.18. The third-order valence-electron chi connectivity index (χ3n) is 2.03. The Morgan fingerprint density at radius 1 is 1.60 bits per heavy atom. The fourth-order valence-electron chi connectivity index (χ4n) is 1.24. The summed E-state index contributed by atoms with van der Waals surface area (Å²) in [5, 5.41) is 12.4. The van der Waals surface area contributed by atoms with E-state index in [9.17, 15) is 4.79 Å². The number of aromatic amines is 1. The molecule has 15 heavy (non-hydrogen) atoms. The number of aromatic nitrogens is 2. The number of thiophene rings is 1. The van der Waals surface area contributed by atoms with Gasteiger partial charge in [-0.1, -0.05) is 6.92 Å². The largest absolute Gasteiger partial charge is 0.317 e. The van der Waals surface area contributed by atoms with Gasteiger partial charge in [0.05, 0.1) is 5.69 Å². The Hall–Kier alpha value is -1.62. The van der Waals surface area contributed by atoms with Crippen molar-refractivity contribution in [1.29, 1.82) is 0 Å². The lowest BCUT2D eigenvalue weighted by Gasteiger charge is -2.02. The highest BCUT2D eigenvalue weighted by Crippen LogP contribution is 2.31. The van der Waals surface area contributed by atoms with Crippen molar-refractivity contribution in [3.63, 3.8) is 0 Å². The summed E-state index contributed by atoms with van der Waals surface area (Å²) in [6, 6.07) is 3.84. The summed E-state index contributed by atoms with van der Waals surface area (Å²) < 4.78 is 0. The van der Waals surface area contributed by atoms with E-state index in [0.29, 0.717) is 6.42 Å². The Balaban J connectivity index is 2.27. The van der Waals surface area contributed by atoms with Gasteiger partial charge in [-0.25, -0.2) is 0 Å². The summed E-state index contributed by atoms with van der Waals surface area (Å²) in [7, 11) is 0. The van der Waals surface area contributed by atoms with Gasteiger partial charge in [0.2, 0.25) is 5.91 Å². The van der Waals surface area contributed by atoms with Gasteiger partial charge in [-0.15, -0.1) is 11.3 Å². The lowest BCUT2D eigenvalue weighted by atomic mass is 10.2. The van der Waals surface area contributed by atoms with Gasteiger partial charge >= 0.3 is 0 Å². The molecular weight excluding hydrogens is 210 g/mol. The Morgan fingerprint density at radius 3 is 3.13 bits per heavy atom. The van der Waals surface area contributed by atoms with Crippen LogP contribution in [0.5, 0.6) is 0 Å². The maximum absolute atomic E-state index is 11.3. The predicted molar refractivity (Wildman–Crippen MR) is 60.8 cm³/mol. The lowest BCUT2D eigenvalue weighted by Crippen LogP contribution is -2.08. The molecule has 2 N–H and O–H groups in total. The molecule has 0 aromatic carbocycles. The van der Waals surface area contributed by atoms with Crippen molar-refractivity contribution in [3.05, 3.63) is 23.7 Å². The minimum Gasteiger partial charge on any atom is -0.317 e. The first-order valence-electron chi connectivity index (χ1n) is 4.68. The zero-order chi connectivity index (χ0) is 10.7. The molecule has 0 saturated carbocycles. The molecule has 0 saturated heterocycles. The second kappa shape index (κ2) is 4.27. The maximum Gasteiger partial charge on any atom is 0.224 e. The average molecular weight is 221 g/mol. The van der Waals surface area contributed by atoms with E-state index in [4.69, 9.17) is 0 Å². The van der Waals surface area contributed by atoms with Crippen LogP contribution in [-0.4, -0.2) is 16.1 Å². The number of rotatable bonds is 3. The van der Waals surface area contributed by atoms with Gasteiger partial charge in [-0.05, 0) is 17.5 Å². The molecular formula is C10H11N3OS. The standard InChI is InChI=1S/C10H11N3OS/c1-2-9(14)12-10-7(4-6-15-10)8-3-5-11-13-8/h3-6H,2H2,1H3,(H,11,13)(H,12,14). The first kappa shape index (κ1) is 9.92. The molecule has 4 nitrogen and oxygen atoms in total. The van der Waals surface area contributed by atoms with Crippen LogP contribution in [0.1, 0.15) is 13.3 Å². The molecule has 0 bridgehead atoms. The van der Waals surface area contributed by atoms with Crippen LogP contribution >= 0.6 is 11.3 Å². The maximum atomic E-state index is 11.3. The first-order valence-corrected chi connectivity index (χ1v) is 5.56. The van der Waals surface area contributed by atoms with Crippen LogP contribution in [0.25, 0.3) is 11.3 Å². The molecule has 1 amide bonds. The number of carbonyl (C=O) groups is 1. The van der Waals surface area contributed by atoms with E-state index >= 15 is 0 Å². The molecule has 2 aromatic rings. The number of hydrogen-bond donors (Lipinski definition) is 2. The molecule has 0 unspecified atom stereocenters. The second-order valence-electron chi connectivity index (χ2n) is 3.04. The van der Waals surface area contributed by atoms with E-state index in [1.54, 1.807) is 6.20 Å². The van der Waals surface area contributed by atoms with Gasteiger partial charge in [0, 0.05) is 18.2 Å². The van der Waals surface area contributed by atoms with Crippen molar-refractivity contribution >= 4 is 22.2 Å². The molecule has 0 aliphatic heterocycles. The molecule has 0 radical (unpaired) electrons. The van der Waals surface area contributed by atoms with Crippen LogP contribution in [0, 0.1) is 0 Å². The number of H-pyrrole nitrogens is 1. The molecule has 78 valence electrons. The van der Waals surface area contributed by atoms with Crippen LogP contribution in [0.4, 0.5) is 5.00 Å². The summed E-state index contributed by atoms with van der Waals surface area (Å²) in [4.78, 5) is 11.3. The van der Waals surface area contributed by atoms with Crippen molar-refractivity contribution in [1.82, 2.24) is 10.2 Å². The molecule has 2 aromatic heterocycles. The summed E-state index contributed by atoms with van der Waals surface area (Å²) in [6.45, 7) is 1.83. The number of amides is 1. The van der Waals surface area contributed by atoms with E-state index in [1.807, 2.05) is 24.4 Å². The highest BCUT2D eigenvalue weighted by atomic mass is 32.1. The number of nitrogens with one attached hydrogen (secondary N) is 2. The fourth-order valence-corrected chi connectivity index (χ4v) is 2.06. The Kier molecular flexibility index (Phi) is 2.82. The molecule has 0 fully saturated rings. The minimum absolute atomic E-state index is 0.0261. The van der Waals surface area contributed by atoms with Crippen molar-refractivity contribution in [2.24, 2.45) is 0 Å². The van der Waals surface area contributed by atoms with E-state index in [1.165, 1.54) is 11.3 Å². The van der Waals surface area contributed by atoms with Crippen LogP contribution in [0.15, 0.2) is 23.7 Å². The van der Waals surface area contributed by atoms with Gasteiger partial charge < -0.3 is 5.32 Å². The Labute approximate surface area is 91.3 Å². The fraction of sp³-hybridized carbons (Fsp3) is 0.200. The van der Waals surface area contributed by atoms with E-state index in [2.05, 4.69) is 15.5 Å². The minimum atomic E-state index is 0.0261. The summed E-state index contributed by atoms with van der Waals surface area (Å²) in [5.74, 6) is 0.0261. The lowest BCUT2D eigenvalue weighted by molar-refractivity contribution is -0.115. The highest BCUT2D eigenvalue weighted by Gasteiger charge is 2.09. The Bertz CT molecular complexity index is 447. The quantitative estimate of drug-likeness (QED) is 0.836. The molecule has 5 heteroatoms. The average Bonchev–Trinajstić information content (AvgIpc) is 2.86. The SMILES string of the molecule is CCC(=O)Nc1sccc1-c1ccn[nH]1. The van der Waals surface area contributed by atoms with Crippen LogP contribution < -0.4 is 5.32 Å². The number of nitrogens with zero attached hydrogens (tertiary/aromatic N) is 1. The van der Waals surface area contributed by atoms with Crippen LogP contribution in [0.2, 0.25) is 0 Å². The second-order valence-corrected chi connectivity index (χ2v) is 3.95. The predicted octanol–water partition coefficient (Wildman–Crippen LogP) is 2.49. The third-order valence-corrected chi connectivity index (χ3v) is 2.86. The van der Waals surface area contributed by atoms with E-state index < -0.39 is 0 Å². The van der Waals surface area contributed by atoms with Crippen molar-refractivity contribution in [3.8, 4) is 11.3 Å². The summed E-state index contributed by atoms with van der Waals surface area (Å²) >= 11 is 1.51. The van der Waals surface area contributed by atoms with Crippen molar-refractivity contribution < 1.29 is 4.79 Å². The van der Waals surface area contributed by atoms with E-state index in [-0.39, 0.29) is 5.91 Å². The molecule has 0 spiro atoms. The molecule has 0 atom stereocenters. The normalized spacial score (nSPS) is 10.2. The molecule has 2 rings (SSSR count). The summed E-state index contributed by atoms with van der Waals surface area (Å²) in [5.41, 5.74) is 1.90. The molecule has 2 heterocycles. The zero-order valence-corrected chi connectivity index (χ0v) is 9.10. The zero-order valence-electron chi connectivity index (χ0n) is 8.28. The highest BCUT2D eigenvalue weighted by molar-refractivity contribution is 7.15. The van der Waals surface area contributed by atoms with Gasteiger partial charge in [0.15, 0.2) is 0 Å². The monoisotopic (exact) mass is 221 g/mol. The third kappa shape index (κ3) is 2.07. The van der Waals surface area contributed by atoms with E-state index in [0.717, 1.165) is 16.3 Å². The number of carbonyl (C=O) groups excluding carboxylic acids is 1. The van der Waals surface area contributed by atoms with Crippen molar-refractivity contribution in [2.75, 3.05) is 5.32 Å². The Morgan fingerprint density at radius 2 is 2.47 bits per heavy atom. The molecule has 0 aliphatic carbocycles. The van der Waals surface area contributed by atoms with Gasteiger partial charge in [0.1, 0.15) is 5.00 Å². The smallest absolute Gasteiger partial charge is 0.224 e. The topological polar surface area (TPSA) is 57.8 Å². The van der Waals surface area contributed by atoms with Gasteiger partial charge in [-0.2, -0.15) is 5.10 Å². The molecule has 0 aliphatic rings. The van der Waals surface area contributed by atoms with Crippen molar-refractivity contribution in [2.45, 2.75) is 13.3 Å². The van der Waals surface area contributed by atoms with Crippen LogP contribution in [-0.2, 0) is 4.79 Å². The first-order chi connectivity index (χ1) is 7.31. The number of anilines is 1.